The molecule has 3 N–H and O–H groups in total. The van der Waals surface area contributed by atoms with Crippen molar-refractivity contribution in [2.75, 3.05) is 13.7 Å². The molecule has 1 saturated carbocycles. The van der Waals surface area contributed by atoms with Crippen LogP contribution in [0.3, 0.4) is 0 Å². The Hall–Kier alpha value is -1.63. The van der Waals surface area contributed by atoms with Gasteiger partial charge in [-0.3, -0.25) is 14.9 Å². The van der Waals surface area contributed by atoms with Gasteiger partial charge in [-0.25, -0.2) is 4.79 Å². The second kappa shape index (κ2) is 7.97. The Kier molecular flexibility index (Phi) is 6.61. The molecule has 0 spiro atoms. The molecular weight excluding hydrogens is 276 g/mol. The van der Waals surface area contributed by atoms with Gasteiger partial charge in [0.25, 0.3) is 0 Å². The van der Waals surface area contributed by atoms with Crippen molar-refractivity contribution in [1.29, 1.82) is 0 Å². The zero-order chi connectivity index (χ0) is 15.9. The minimum Gasteiger partial charge on any atom is -0.481 e. The number of imide groups is 1. The van der Waals surface area contributed by atoms with Crippen LogP contribution >= 0.6 is 0 Å². The number of ether oxygens (including phenoxy) is 1. The first-order valence-electron chi connectivity index (χ1n) is 7.18. The number of carbonyl (C=O) groups is 3. The predicted octanol–water partition coefficient (Wildman–Crippen LogP) is 1.27. The van der Waals surface area contributed by atoms with E-state index in [-0.39, 0.29) is 18.9 Å². The first kappa shape index (κ1) is 17.4. The van der Waals surface area contributed by atoms with Gasteiger partial charge in [-0.2, -0.15) is 0 Å². The maximum atomic E-state index is 11.9. The molecule has 120 valence electrons. The van der Waals surface area contributed by atoms with Crippen LogP contribution in [-0.2, 0) is 14.3 Å². The number of amides is 3. The van der Waals surface area contributed by atoms with E-state index in [4.69, 9.17) is 9.84 Å². The highest BCUT2D eigenvalue weighted by Crippen LogP contribution is 2.43. The molecule has 0 heterocycles. The van der Waals surface area contributed by atoms with E-state index in [1.54, 1.807) is 6.92 Å². The summed E-state index contributed by atoms with van der Waals surface area (Å²) in [5.41, 5.74) is -0.506. The third-order valence-corrected chi connectivity index (χ3v) is 3.77. The van der Waals surface area contributed by atoms with E-state index in [1.165, 1.54) is 7.11 Å². The number of carboxylic acids is 1. The Morgan fingerprint density at radius 2 is 1.86 bits per heavy atom. The largest absolute Gasteiger partial charge is 0.481 e. The molecule has 1 atom stereocenters. The number of carbonyl (C=O) groups excluding carboxylic acids is 2. The second-order valence-corrected chi connectivity index (χ2v) is 5.83. The maximum Gasteiger partial charge on any atom is 0.321 e. The summed E-state index contributed by atoms with van der Waals surface area (Å²) >= 11 is 0. The van der Waals surface area contributed by atoms with E-state index in [0.717, 1.165) is 12.8 Å². The van der Waals surface area contributed by atoms with Gasteiger partial charge in [0, 0.05) is 13.5 Å². The summed E-state index contributed by atoms with van der Waals surface area (Å²) in [6, 6.07) is -0.782. The van der Waals surface area contributed by atoms with Crippen molar-refractivity contribution in [3.63, 3.8) is 0 Å². The average Bonchev–Trinajstić information content (AvgIpc) is 2.75. The number of aliphatic carboxylic acids is 1. The monoisotopic (exact) mass is 300 g/mol. The Morgan fingerprint density at radius 1 is 1.24 bits per heavy atom. The summed E-state index contributed by atoms with van der Waals surface area (Å²) in [5.74, 6) is -1.33. The molecule has 1 fully saturated rings. The highest BCUT2D eigenvalue weighted by molar-refractivity contribution is 5.94. The lowest BCUT2D eigenvalue weighted by atomic mass is 9.79. The van der Waals surface area contributed by atoms with Gasteiger partial charge in [-0.15, -0.1) is 0 Å². The molecule has 1 aliphatic carbocycles. The van der Waals surface area contributed by atoms with E-state index in [9.17, 15) is 14.4 Å². The van der Waals surface area contributed by atoms with Gasteiger partial charge in [0.15, 0.2) is 0 Å². The quantitative estimate of drug-likeness (QED) is 0.657. The number of hydrogen-bond donors (Lipinski definition) is 3. The number of urea groups is 1. The molecule has 1 aliphatic rings. The standard InChI is InChI=1S/C14H24N2O5/c1-10(9-21-2)15-13(20)16-11(17)7-14(8-12(18)19)5-3-4-6-14/h10H,3-9H2,1-2H3,(H,18,19)(H2,15,16,17,20). The van der Waals surface area contributed by atoms with Gasteiger partial charge in [-0.1, -0.05) is 12.8 Å². The van der Waals surface area contributed by atoms with Crippen molar-refractivity contribution in [1.82, 2.24) is 10.6 Å². The molecule has 0 saturated heterocycles. The van der Waals surface area contributed by atoms with Crippen molar-refractivity contribution in [3.05, 3.63) is 0 Å². The number of nitrogens with one attached hydrogen (secondary N) is 2. The van der Waals surface area contributed by atoms with Crippen LogP contribution in [0.2, 0.25) is 0 Å². The molecule has 0 aromatic heterocycles. The number of rotatable bonds is 7. The van der Waals surface area contributed by atoms with Crippen molar-refractivity contribution in [2.45, 2.75) is 51.5 Å². The van der Waals surface area contributed by atoms with Crippen LogP contribution in [0.4, 0.5) is 4.79 Å². The van der Waals surface area contributed by atoms with Gasteiger partial charge >= 0.3 is 12.0 Å². The summed E-state index contributed by atoms with van der Waals surface area (Å²) in [4.78, 5) is 34.5. The molecule has 7 nitrogen and oxygen atoms in total. The van der Waals surface area contributed by atoms with Crippen LogP contribution < -0.4 is 10.6 Å². The topological polar surface area (TPSA) is 105 Å². The molecule has 0 aromatic carbocycles. The van der Waals surface area contributed by atoms with Gasteiger partial charge < -0.3 is 15.2 Å². The molecule has 7 heteroatoms. The molecule has 21 heavy (non-hydrogen) atoms. The Balaban J connectivity index is 2.47. The molecule has 3 amide bonds. The minimum absolute atomic E-state index is 0.0257. The Labute approximate surface area is 124 Å². The van der Waals surface area contributed by atoms with Crippen molar-refractivity contribution in [2.24, 2.45) is 5.41 Å². The molecule has 0 aliphatic heterocycles. The third kappa shape index (κ3) is 6.12. The maximum absolute atomic E-state index is 11.9. The van der Waals surface area contributed by atoms with Gasteiger partial charge in [0.2, 0.25) is 5.91 Å². The lowest BCUT2D eigenvalue weighted by Crippen LogP contribution is -2.46. The lowest BCUT2D eigenvalue weighted by molar-refractivity contribution is -0.140. The van der Waals surface area contributed by atoms with Gasteiger partial charge in [0.05, 0.1) is 19.1 Å². The molecular formula is C14H24N2O5. The highest BCUT2D eigenvalue weighted by Gasteiger charge is 2.38. The molecule has 0 radical (unpaired) electrons. The van der Waals surface area contributed by atoms with E-state index in [0.29, 0.717) is 19.4 Å². The smallest absolute Gasteiger partial charge is 0.321 e. The van der Waals surface area contributed by atoms with Crippen LogP contribution in [0.1, 0.15) is 45.4 Å². The summed E-state index contributed by atoms with van der Waals surface area (Å²) < 4.78 is 4.88. The number of methoxy groups -OCH3 is 1. The third-order valence-electron chi connectivity index (χ3n) is 3.77. The molecule has 0 aromatic rings. The van der Waals surface area contributed by atoms with E-state index in [2.05, 4.69) is 10.6 Å². The zero-order valence-corrected chi connectivity index (χ0v) is 12.6. The van der Waals surface area contributed by atoms with Crippen LogP contribution in [0.5, 0.6) is 0 Å². The number of hydrogen-bond acceptors (Lipinski definition) is 4. The molecule has 0 bridgehead atoms. The van der Waals surface area contributed by atoms with Crippen molar-refractivity contribution >= 4 is 17.9 Å². The van der Waals surface area contributed by atoms with E-state index in [1.807, 2.05) is 0 Å². The SMILES string of the molecule is COCC(C)NC(=O)NC(=O)CC1(CC(=O)O)CCCC1. The van der Waals surface area contributed by atoms with Gasteiger partial charge in [-0.05, 0) is 25.2 Å². The van der Waals surface area contributed by atoms with E-state index < -0.39 is 23.3 Å². The summed E-state index contributed by atoms with van der Waals surface area (Å²) in [6.07, 6.45) is 3.34. The minimum atomic E-state index is -0.900. The Morgan fingerprint density at radius 3 is 2.38 bits per heavy atom. The lowest BCUT2D eigenvalue weighted by Gasteiger charge is -2.26. The van der Waals surface area contributed by atoms with Crippen LogP contribution in [0.15, 0.2) is 0 Å². The average molecular weight is 300 g/mol. The highest BCUT2D eigenvalue weighted by atomic mass is 16.5. The van der Waals surface area contributed by atoms with Crippen LogP contribution in [0, 0.1) is 5.41 Å². The fourth-order valence-electron chi connectivity index (χ4n) is 2.92. The first-order chi connectivity index (χ1) is 9.87. The van der Waals surface area contributed by atoms with Crippen LogP contribution in [-0.4, -0.2) is 42.8 Å². The van der Waals surface area contributed by atoms with Crippen molar-refractivity contribution in [3.8, 4) is 0 Å². The fraction of sp³-hybridized carbons (Fsp3) is 0.786. The first-order valence-corrected chi connectivity index (χ1v) is 7.18. The molecule has 1 rings (SSSR count). The normalized spacial score (nSPS) is 18.0. The molecule has 1 unspecified atom stereocenters. The Bertz CT molecular complexity index is 391. The predicted molar refractivity (Wildman–Crippen MR) is 75.8 cm³/mol. The van der Waals surface area contributed by atoms with Gasteiger partial charge in [0.1, 0.15) is 0 Å². The van der Waals surface area contributed by atoms with Crippen molar-refractivity contribution < 1.29 is 24.2 Å². The summed E-state index contributed by atoms with van der Waals surface area (Å²) in [7, 11) is 1.52. The fourth-order valence-corrected chi connectivity index (χ4v) is 2.92. The number of carboxylic acid groups (broad SMARTS) is 1. The van der Waals surface area contributed by atoms with E-state index >= 15 is 0 Å². The second-order valence-electron chi connectivity index (χ2n) is 5.83. The summed E-state index contributed by atoms with van der Waals surface area (Å²) in [6.45, 7) is 2.11. The zero-order valence-electron chi connectivity index (χ0n) is 12.6. The van der Waals surface area contributed by atoms with Crippen LogP contribution in [0.25, 0.3) is 0 Å². The summed E-state index contributed by atoms with van der Waals surface area (Å²) in [5, 5.41) is 13.8.